The number of halogens is 1. The molecule has 7 nitrogen and oxygen atoms in total. The molecule has 0 spiro atoms. The van der Waals surface area contributed by atoms with Crippen molar-refractivity contribution in [2.75, 3.05) is 34.5 Å². The van der Waals surface area contributed by atoms with E-state index in [4.69, 9.17) is 18.9 Å². The molecule has 8 heteroatoms. The number of nitrogens with zero attached hydrogens (tertiary/aromatic N) is 1. The van der Waals surface area contributed by atoms with Gasteiger partial charge in [-0.05, 0) is 78.2 Å². The molecule has 3 aromatic rings. The molecule has 1 aliphatic rings. The normalized spacial score (nSPS) is 14.6. The van der Waals surface area contributed by atoms with Crippen LogP contribution in [0.3, 0.4) is 0 Å². The summed E-state index contributed by atoms with van der Waals surface area (Å²) in [6, 6.07) is 17.6. The predicted octanol–water partition coefficient (Wildman–Crippen LogP) is 5.07. The van der Waals surface area contributed by atoms with E-state index in [1.54, 1.807) is 50.6 Å². The summed E-state index contributed by atoms with van der Waals surface area (Å²) in [4.78, 5) is 27.1. The molecule has 0 aromatic heterocycles. The summed E-state index contributed by atoms with van der Waals surface area (Å²) in [5, 5.41) is 0. The van der Waals surface area contributed by atoms with Crippen molar-refractivity contribution in [2.24, 2.45) is 0 Å². The Bertz CT molecular complexity index is 1210. The number of hydrogen-bond donors (Lipinski definition) is 0. The summed E-state index contributed by atoms with van der Waals surface area (Å²) in [6.07, 6.45) is 0.683. The van der Waals surface area contributed by atoms with Crippen LogP contribution in [0.1, 0.15) is 37.9 Å². The monoisotopic (exact) mass is 539 g/mol. The zero-order valence-corrected chi connectivity index (χ0v) is 21.3. The van der Waals surface area contributed by atoms with E-state index in [0.29, 0.717) is 41.3 Å². The highest BCUT2D eigenvalue weighted by Gasteiger charge is 2.33. The molecule has 0 fully saturated rings. The largest absolute Gasteiger partial charge is 0.493 e. The molecule has 0 radical (unpaired) electrons. The maximum Gasteiger partial charge on any atom is 0.337 e. The highest BCUT2D eigenvalue weighted by molar-refractivity contribution is 9.10. The van der Waals surface area contributed by atoms with Crippen LogP contribution in [0.5, 0.6) is 17.2 Å². The van der Waals surface area contributed by atoms with Gasteiger partial charge in [0.25, 0.3) is 5.91 Å². The zero-order chi connectivity index (χ0) is 24.9. The van der Waals surface area contributed by atoms with Gasteiger partial charge in [-0.15, -0.1) is 0 Å². The van der Waals surface area contributed by atoms with Crippen LogP contribution in [-0.2, 0) is 11.2 Å². The summed E-state index contributed by atoms with van der Waals surface area (Å²) in [5.41, 5.74) is 3.07. The first-order valence-corrected chi connectivity index (χ1v) is 11.9. The van der Waals surface area contributed by atoms with E-state index < -0.39 is 5.97 Å². The second-order valence-electron chi connectivity index (χ2n) is 8.00. The van der Waals surface area contributed by atoms with Gasteiger partial charge in [0.05, 0.1) is 32.9 Å². The molecule has 0 saturated carbocycles. The lowest BCUT2D eigenvalue weighted by molar-refractivity contribution is 0.0583. The predicted molar refractivity (Wildman–Crippen MR) is 134 cm³/mol. The van der Waals surface area contributed by atoms with E-state index in [-0.39, 0.29) is 18.6 Å². The van der Waals surface area contributed by atoms with E-state index in [1.807, 2.05) is 29.2 Å². The van der Waals surface area contributed by atoms with Gasteiger partial charge in [0.1, 0.15) is 12.4 Å². The Morgan fingerprint density at radius 1 is 0.914 bits per heavy atom. The van der Waals surface area contributed by atoms with E-state index in [1.165, 1.54) is 7.11 Å². The van der Waals surface area contributed by atoms with Crippen LogP contribution in [0, 0.1) is 0 Å². The number of benzene rings is 3. The Labute approximate surface area is 212 Å². The number of hydrogen-bond acceptors (Lipinski definition) is 6. The van der Waals surface area contributed by atoms with Crippen molar-refractivity contribution in [3.63, 3.8) is 0 Å². The van der Waals surface area contributed by atoms with E-state index in [0.717, 1.165) is 15.6 Å². The first kappa shape index (κ1) is 24.6. The molecule has 182 valence electrons. The van der Waals surface area contributed by atoms with Gasteiger partial charge in [-0.2, -0.15) is 0 Å². The van der Waals surface area contributed by atoms with Crippen molar-refractivity contribution in [2.45, 2.75) is 12.5 Å². The average molecular weight is 540 g/mol. The van der Waals surface area contributed by atoms with E-state index in [9.17, 15) is 9.59 Å². The SMILES string of the molecule is COC(=O)c1ccc(OC[C@H]2c3cc(OC)c(OC)cc3CCN2C(=O)c2ccc(Br)cc2)cc1. The molecule has 0 unspecified atom stereocenters. The van der Waals surface area contributed by atoms with Crippen LogP contribution < -0.4 is 14.2 Å². The Morgan fingerprint density at radius 3 is 2.17 bits per heavy atom. The number of carbonyl (C=O) groups is 2. The molecule has 4 rings (SSSR count). The second kappa shape index (κ2) is 10.8. The van der Waals surface area contributed by atoms with Crippen molar-refractivity contribution in [1.29, 1.82) is 0 Å². The molecule has 1 aliphatic heterocycles. The minimum Gasteiger partial charge on any atom is -0.493 e. The summed E-state index contributed by atoms with van der Waals surface area (Å²) in [5.74, 6) is 1.34. The first-order valence-electron chi connectivity index (χ1n) is 11.1. The number of esters is 1. The maximum atomic E-state index is 13.5. The molecule has 0 bridgehead atoms. The lowest BCUT2D eigenvalue weighted by Crippen LogP contribution is -2.42. The molecule has 0 aliphatic carbocycles. The minimum atomic E-state index is -0.412. The maximum absolute atomic E-state index is 13.5. The lowest BCUT2D eigenvalue weighted by atomic mass is 9.91. The van der Waals surface area contributed by atoms with Gasteiger partial charge in [0.2, 0.25) is 0 Å². The van der Waals surface area contributed by atoms with Gasteiger partial charge >= 0.3 is 5.97 Å². The molecular formula is C27H26BrNO6. The van der Waals surface area contributed by atoms with Crippen molar-refractivity contribution in [1.82, 2.24) is 4.90 Å². The fraction of sp³-hybridized carbons (Fsp3) is 0.259. The van der Waals surface area contributed by atoms with E-state index in [2.05, 4.69) is 15.9 Å². The number of amides is 1. The number of ether oxygens (including phenoxy) is 4. The van der Waals surface area contributed by atoms with Crippen molar-refractivity contribution < 1.29 is 28.5 Å². The van der Waals surface area contributed by atoms with E-state index >= 15 is 0 Å². The van der Waals surface area contributed by atoms with Gasteiger partial charge in [0, 0.05) is 16.6 Å². The Kier molecular flexibility index (Phi) is 7.60. The standard InChI is InChI=1S/C27H26BrNO6/c1-32-24-14-19-12-13-29(26(30)17-4-8-20(28)9-5-17)23(22(19)15-25(24)33-2)16-35-21-10-6-18(7-11-21)27(31)34-3/h4-11,14-15,23H,12-13,16H2,1-3H3/t23-/m0/s1. The third-order valence-corrected chi connectivity index (χ3v) is 6.57. The lowest BCUT2D eigenvalue weighted by Gasteiger charge is -2.37. The number of methoxy groups -OCH3 is 3. The second-order valence-corrected chi connectivity index (χ2v) is 8.92. The molecule has 35 heavy (non-hydrogen) atoms. The van der Waals surface area contributed by atoms with Gasteiger partial charge in [0.15, 0.2) is 11.5 Å². The molecule has 1 amide bonds. The quantitative estimate of drug-likeness (QED) is 0.390. The van der Waals surface area contributed by atoms with Crippen molar-refractivity contribution >= 4 is 27.8 Å². The summed E-state index contributed by atoms with van der Waals surface area (Å²) < 4.78 is 22.8. The van der Waals surface area contributed by atoms with Crippen LogP contribution in [0.2, 0.25) is 0 Å². The van der Waals surface area contributed by atoms with Gasteiger partial charge in [-0.1, -0.05) is 15.9 Å². The van der Waals surface area contributed by atoms with Crippen LogP contribution in [0.25, 0.3) is 0 Å². The molecule has 0 N–H and O–H groups in total. The van der Waals surface area contributed by atoms with Gasteiger partial charge in [-0.3, -0.25) is 4.79 Å². The average Bonchev–Trinajstić information content (AvgIpc) is 2.90. The smallest absolute Gasteiger partial charge is 0.337 e. The molecule has 1 heterocycles. The van der Waals surface area contributed by atoms with Gasteiger partial charge < -0.3 is 23.8 Å². The zero-order valence-electron chi connectivity index (χ0n) is 19.7. The third-order valence-electron chi connectivity index (χ3n) is 6.04. The third kappa shape index (κ3) is 5.27. The summed E-state index contributed by atoms with van der Waals surface area (Å²) in [6.45, 7) is 0.759. The van der Waals surface area contributed by atoms with Crippen LogP contribution in [0.4, 0.5) is 0 Å². The number of carbonyl (C=O) groups excluding carboxylic acids is 2. The molecule has 0 saturated heterocycles. The van der Waals surface area contributed by atoms with Crippen molar-refractivity contribution in [3.8, 4) is 17.2 Å². The summed E-state index contributed by atoms with van der Waals surface area (Å²) in [7, 11) is 4.54. The minimum absolute atomic E-state index is 0.0763. The number of rotatable bonds is 7. The fourth-order valence-electron chi connectivity index (χ4n) is 4.19. The Balaban J connectivity index is 1.66. The van der Waals surface area contributed by atoms with Crippen molar-refractivity contribution in [3.05, 3.63) is 87.4 Å². The Morgan fingerprint density at radius 2 is 1.54 bits per heavy atom. The highest BCUT2D eigenvalue weighted by Crippen LogP contribution is 2.39. The van der Waals surface area contributed by atoms with Crippen LogP contribution in [0.15, 0.2) is 65.1 Å². The Hall–Kier alpha value is -3.52. The van der Waals surface area contributed by atoms with Crippen LogP contribution >= 0.6 is 15.9 Å². The number of fused-ring (bicyclic) bond motifs is 1. The highest BCUT2D eigenvalue weighted by atomic mass is 79.9. The van der Waals surface area contributed by atoms with Gasteiger partial charge in [-0.25, -0.2) is 4.79 Å². The first-order chi connectivity index (χ1) is 16.9. The topological polar surface area (TPSA) is 74.3 Å². The molecule has 1 atom stereocenters. The fourth-order valence-corrected chi connectivity index (χ4v) is 4.45. The molecule has 3 aromatic carbocycles. The van der Waals surface area contributed by atoms with Crippen LogP contribution in [-0.4, -0.2) is 51.3 Å². The summed E-state index contributed by atoms with van der Waals surface area (Å²) >= 11 is 3.42. The molecular weight excluding hydrogens is 514 g/mol.